The predicted octanol–water partition coefficient (Wildman–Crippen LogP) is 2.01. The van der Waals surface area contributed by atoms with Crippen molar-refractivity contribution in [2.24, 2.45) is 11.7 Å². The minimum Gasteiger partial charge on any atom is -0.508 e. The van der Waals surface area contributed by atoms with Crippen molar-refractivity contribution < 1.29 is 5.11 Å². The Morgan fingerprint density at radius 2 is 2.14 bits per heavy atom. The molecule has 3 rings (SSSR count). The van der Waals surface area contributed by atoms with Crippen molar-refractivity contribution in [2.45, 2.75) is 12.8 Å². The molecule has 4 N–H and O–H groups in total. The molecule has 2 heterocycles. The van der Waals surface area contributed by atoms with Crippen molar-refractivity contribution in [2.75, 3.05) is 24.5 Å². The number of anilines is 1. The van der Waals surface area contributed by atoms with E-state index < -0.39 is 0 Å². The summed E-state index contributed by atoms with van der Waals surface area (Å²) in [6, 6.07) is 4.76. The number of halogens is 1. The summed E-state index contributed by atoms with van der Waals surface area (Å²) in [5.41, 5.74) is 6.35. The maximum absolute atomic E-state index is 9.57. The first kappa shape index (κ1) is 14.2. The molecule has 1 aliphatic rings. The number of phenolic OH excluding ortho intramolecular Hbond substituents is 1. The second-order valence-corrected chi connectivity index (χ2v) is 5.72. The average Bonchev–Trinajstić information content (AvgIpc) is 2.99. The van der Waals surface area contributed by atoms with Crippen LogP contribution < -0.4 is 10.6 Å². The van der Waals surface area contributed by atoms with Crippen molar-refractivity contribution in [3.63, 3.8) is 0 Å². The number of aromatic amines is 1. The first-order chi connectivity index (χ1) is 10.2. The molecule has 0 atom stereocenters. The summed E-state index contributed by atoms with van der Waals surface area (Å²) in [6.07, 6.45) is 2.13. The molecule has 7 heteroatoms. The Hall–Kier alpha value is -1.79. The number of H-pyrrole nitrogens is 1. The Kier molecular flexibility index (Phi) is 3.98. The molecule has 2 aromatic rings. The molecule has 0 radical (unpaired) electrons. The van der Waals surface area contributed by atoms with Crippen molar-refractivity contribution >= 4 is 17.5 Å². The van der Waals surface area contributed by atoms with Crippen LogP contribution in [-0.4, -0.2) is 39.9 Å². The molecule has 112 valence electrons. The standard InChI is InChI=1S/C14H18ClN5O/c15-12-2-1-10(21)7-11(12)13-17-14(19-18-13)20-5-3-9(8-16)4-6-20/h1-2,7,9,21H,3-6,8,16H2,(H,17,18,19). The van der Waals surface area contributed by atoms with Crippen molar-refractivity contribution in [1.82, 2.24) is 15.2 Å². The van der Waals surface area contributed by atoms with Crippen LogP contribution in [0.2, 0.25) is 5.02 Å². The quantitative estimate of drug-likeness (QED) is 0.807. The summed E-state index contributed by atoms with van der Waals surface area (Å²) in [5.74, 6) is 1.98. The third kappa shape index (κ3) is 2.96. The predicted molar refractivity (Wildman–Crippen MR) is 82.5 cm³/mol. The summed E-state index contributed by atoms with van der Waals surface area (Å²) in [5, 5.41) is 17.2. The van der Waals surface area contributed by atoms with Crippen LogP contribution >= 0.6 is 11.6 Å². The number of aromatic nitrogens is 3. The van der Waals surface area contributed by atoms with Gasteiger partial charge in [0.2, 0.25) is 5.95 Å². The fourth-order valence-corrected chi connectivity index (χ4v) is 2.79. The highest BCUT2D eigenvalue weighted by molar-refractivity contribution is 6.33. The first-order valence-electron chi connectivity index (χ1n) is 7.03. The van der Waals surface area contributed by atoms with Gasteiger partial charge in [-0.25, -0.2) is 0 Å². The van der Waals surface area contributed by atoms with E-state index in [2.05, 4.69) is 20.1 Å². The molecule has 0 aliphatic carbocycles. The Balaban J connectivity index is 1.79. The molecule has 0 saturated carbocycles. The van der Waals surface area contributed by atoms with Crippen LogP contribution in [0.1, 0.15) is 12.8 Å². The van der Waals surface area contributed by atoms with E-state index in [1.165, 1.54) is 0 Å². The van der Waals surface area contributed by atoms with E-state index in [4.69, 9.17) is 17.3 Å². The second kappa shape index (κ2) is 5.91. The topological polar surface area (TPSA) is 91.1 Å². The molecule has 1 aromatic carbocycles. The summed E-state index contributed by atoms with van der Waals surface area (Å²) < 4.78 is 0. The van der Waals surface area contributed by atoms with Crippen LogP contribution in [0.25, 0.3) is 11.4 Å². The van der Waals surface area contributed by atoms with Gasteiger partial charge in [-0.05, 0) is 43.5 Å². The molecule has 1 aliphatic heterocycles. The van der Waals surface area contributed by atoms with Crippen LogP contribution in [-0.2, 0) is 0 Å². The number of nitrogens with one attached hydrogen (secondary N) is 1. The zero-order valence-electron chi connectivity index (χ0n) is 11.6. The zero-order valence-corrected chi connectivity index (χ0v) is 12.3. The smallest absolute Gasteiger partial charge is 0.245 e. The highest BCUT2D eigenvalue weighted by Crippen LogP contribution is 2.30. The monoisotopic (exact) mass is 307 g/mol. The third-order valence-corrected chi connectivity index (χ3v) is 4.24. The van der Waals surface area contributed by atoms with E-state index in [0.717, 1.165) is 32.5 Å². The number of piperidine rings is 1. The van der Waals surface area contributed by atoms with Gasteiger partial charge in [0.25, 0.3) is 0 Å². The minimum absolute atomic E-state index is 0.149. The molecule has 0 bridgehead atoms. The van der Waals surface area contributed by atoms with E-state index in [9.17, 15) is 5.11 Å². The van der Waals surface area contributed by atoms with E-state index in [1.54, 1.807) is 18.2 Å². The molecule has 1 fully saturated rings. The highest BCUT2D eigenvalue weighted by atomic mass is 35.5. The lowest BCUT2D eigenvalue weighted by atomic mass is 9.97. The number of phenols is 1. The maximum atomic E-state index is 9.57. The molecule has 1 aromatic heterocycles. The van der Waals surface area contributed by atoms with Crippen LogP contribution in [0, 0.1) is 5.92 Å². The fourth-order valence-electron chi connectivity index (χ4n) is 2.58. The van der Waals surface area contributed by atoms with Crippen LogP contribution in [0.3, 0.4) is 0 Å². The molecular formula is C14H18ClN5O. The minimum atomic E-state index is 0.149. The van der Waals surface area contributed by atoms with Gasteiger partial charge < -0.3 is 15.7 Å². The molecule has 21 heavy (non-hydrogen) atoms. The molecule has 0 unspecified atom stereocenters. The summed E-state index contributed by atoms with van der Waals surface area (Å²) in [7, 11) is 0. The summed E-state index contributed by atoms with van der Waals surface area (Å²) in [4.78, 5) is 6.63. The van der Waals surface area contributed by atoms with Gasteiger partial charge >= 0.3 is 0 Å². The lowest BCUT2D eigenvalue weighted by Crippen LogP contribution is -2.36. The van der Waals surface area contributed by atoms with Gasteiger partial charge in [0.1, 0.15) is 5.75 Å². The van der Waals surface area contributed by atoms with Gasteiger partial charge in [0.15, 0.2) is 5.82 Å². The molecule has 6 nitrogen and oxygen atoms in total. The van der Waals surface area contributed by atoms with Gasteiger partial charge in [0, 0.05) is 18.7 Å². The Morgan fingerprint density at radius 3 is 2.86 bits per heavy atom. The number of aromatic hydroxyl groups is 1. The van der Waals surface area contributed by atoms with Crippen molar-refractivity contribution in [3.8, 4) is 17.1 Å². The number of benzene rings is 1. The zero-order chi connectivity index (χ0) is 14.8. The summed E-state index contributed by atoms with van der Waals surface area (Å²) in [6.45, 7) is 2.56. The average molecular weight is 308 g/mol. The summed E-state index contributed by atoms with van der Waals surface area (Å²) >= 11 is 6.14. The molecule has 1 saturated heterocycles. The van der Waals surface area contributed by atoms with Crippen molar-refractivity contribution in [3.05, 3.63) is 23.2 Å². The van der Waals surface area contributed by atoms with Crippen LogP contribution in [0.4, 0.5) is 5.95 Å². The van der Waals surface area contributed by atoms with E-state index in [1.807, 2.05) is 0 Å². The van der Waals surface area contributed by atoms with Crippen LogP contribution in [0.15, 0.2) is 18.2 Å². The Bertz CT molecular complexity index is 622. The Labute approximate surface area is 127 Å². The first-order valence-corrected chi connectivity index (χ1v) is 7.41. The third-order valence-electron chi connectivity index (χ3n) is 3.91. The van der Waals surface area contributed by atoms with E-state index >= 15 is 0 Å². The van der Waals surface area contributed by atoms with E-state index in [-0.39, 0.29) is 5.75 Å². The van der Waals surface area contributed by atoms with Gasteiger partial charge in [-0.15, -0.1) is 5.10 Å². The molecule has 0 amide bonds. The number of hydrogen-bond acceptors (Lipinski definition) is 5. The molecule has 0 spiro atoms. The SMILES string of the molecule is NCC1CCN(c2n[nH]c(-c3cc(O)ccc3Cl)n2)CC1. The van der Waals surface area contributed by atoms with E-state index in [0.29, 0.717) is 28.3 Å². The number of nitrogens with two attached hydrogens (primary N) is 1. The number of rotatable bonds is 3. The maximum Gasteiger partial charge on any atom is 0.245 e. The van der Waals surface area contributed by atoms with Gasteiger partial charge in [-0.2, -0.15) is 4.98 Å². The van der Waals surface area contributed by atoms with Crippen LogP contribution in [0.5, 0.6) is 5.75 Å². The molecular weight excluding hydrogens is 290 g/mol. The highest BCUT2D eigenvalue weighted by Gasteiger charge is 2.21. The fraction of sp³-hybridized carbons (Fsp3) is 0.429. The number of hydrogen-bond donors (Lipinski definition) is 3. The number of nitrogens with zero attached hydrogens (tertiary/aromatic N) is 3. The van der Waals surface area contributed by atoms with Crippen molar-refractivity contribution in [1.29, 1.82) is 0 Å². The second-order valence-electron chi connectivity index (χ2n) is 5.31. The van der Waals surface area contributed by atoms with Gasteiger partial charge in [-0.3, -0.25) is 5.10 Å². The lowest BCUT2D eigenvalue weighted by molar-refractivity contribution is 0.411. The normalized spacial score (nSPS) is 16.4. The van der Waals surface area contributed by atoms with Gasteiger partial charge in [-0.1, -0.05) is 11.6 Å². The lowest BCUT2D eigenvalue weighted by Gasteiger charge is -2.30. The Morgan fingerprint density at radius 1 is 1.38 bits per heavy atom. The largest absolute Gasteiger partial charge is 0.508 e. The van der Waals surface area contributed by atoms with Gasteiger partial charge in [0.05, 0.1) is 5.02 Å².